The Morgan fingerprint density at radius 2 is 0.944 bits per heavy atom. The van der Waals surface area contributed by atoms with Crippen LogP contribution in [0.2, 0.25) is 0 Å². The number of methoxy groups -OCH3 is 1. The quantitative estimate of drug-likeness (QED) is 0.199. The second-order valence-corrected chi connectivity index (χ2v) is 10.6. The van der Waals surface area contributed by atoms with Crippen molar-refractivity contribution < 1.29 is 45.6 Å². The van der Waals surface area contributed by atoms with E-state index in [4.69, 9.17) is 4.74 Å². The largest absolute Gasteiger partial charge is 0.381 e. The first-order valence-corrected chi connectivity index (χ1v) is 14.3. The second-order valence-electron chi connectivity index (χ2n) is 10.6. The minimum absolute atomic E-state index is 0. The Balaban J connectivity index is 0.000000237. The van der Waals surface area contributed by atoms with Crippen molar-refractivity contribution in [1.82, 2.24) is 0 Å². The normalized spacial score (nSPS) is 32.5. The minimum Gasteiger partial charge on any atom is -0.381 e. The van der Waals surface area contributed by atoms with Crippen molar-refractivity contribution in [2.24, 2.45) is 17.3 Å². The molecule has 6 aliphatic rings. The Morgan fingerprint density at radius 3 is 1.19 bits per heavy atom. The van der Waals surface area contributed by atoms with E-state index in [1.165, 1.54) is 103 Å². The van der Waals surface area contributed by atoms with Gasteiger partial charge < -0.3 is 4.74 Å². The molecule has 0 bridgehead atoms. The number of hydrogen-bond acceptors (Lipinski definition) is 1. The van der Waals surface area contributed by atoms with Crippen LogP contribution in [0.4, 0.5) is 0 Å². The molecule has 4 atom stereocenters. The first kappa shape index (κ1) is 33.8. The predicted molar refractivity (Wildman–Crippen MR) is 149 cm³/mol. The second kappa shape index (κ2) is 20.7. The Hall–Kier alpha value is -0.275. The maximum Gasteiger partial charge on any atom is 0.0614 e. The summed E-state index contributed by atoms with van der Waals surface area (Å²) in [6, 6.07) is 0. The molecule has 0 saturated heterocycles. The van der Waals surface area contributed by atoms with Gasteiger partial charge in [-0.05, 0) is 102 Å². The molecule has 4 unspecified atom stereocenters. The van der Waals surface area contributed by atoms with Crippen molar-refractivity contribution in [3.05, 3.63) is 72.9 Å². The van der Waals surface area contributed by atoms with Gasteiger partial charge in [0.05, 0.1) is 6.10 Å². The third kappa shape index (κ3) is 12.1. The van der Waals surface area contributed by atoms with Gasteiger partial charge in [-0.3, -0.25) is 0 Å². The third-order valence-corrected chi connectivity index (χ3v) is 8.00. The van der Waals surface area contributed by atoms with Gasteiger partial charge >= 0.3 is 0 Å². The van der Waals surface area contributed by atoms with Crippen molar-refractivity contribution in [1.29, 1.82) is 0 Å². The van der Waals surface area contributed by atoms with Crippen LogP contribution in [0, 0.1) is 17.3 Å². The standard InChI is InChI=1S/C9H12O.C8H14.2C8H12.2Pd/c1-10-8-4-6-2-3-9(6)5-7(8)9;3*1-2-4-6-8-7-5-3-1;;/h2-3,6-8H,4-5H2,1H3;1-2H,3-8H2;2*1-2,7-8H,3-6H2;;/b;;2*2-1-,8-7?;;. The van der Waals surface area contributed by atoms with E-state index in [-0.39, 0.29) is 40.8 Å². The molecule has 2 saturated carbocycles. The van der Waals surface area contributed by atoms with E-state index in [9.17, 15) is 0 Å². The van der Waals surface area contributed by atoms with Crippen molar-refractivity contribution in [3.8, 4) is 0 Å². The molecule has 1 spiro atoms. The third-order valence-electron chi connectivity index (χ3n) is 8.00. The molecule has 0 radical (unpaired) electrons. The van der Waals surface area contributed by atoms with Crippen LogP contribution in [0.15, 0.2) is 72.9 Å². The predicted octanol–water partition coefficient (Wildman–Crippen LogP) is 9.83. The van der Waals surface area contributed by atoms with Crippen molar-refractivity contribution in [2.75, 3.05) is 7.11 Å². The molecule has 3 heteroatoms. The summed E-state index contributed by atoms with van der Waals surface area (Å²) in [6.45, 7) is 0. The van der Waals surface area contributed by atoms with Gasteiger partial charge in [-0.1, -0.05) is 85.8 Å². The van der Waals surface area contributed by atoms with Crippen molar-refractivity contribution in [3.63, 3.8) is 0 Å². The maximum absolute atomic E-state index is 5.40. The zero-order valence-electron chi connectivity index (χ0n) is 22.5. The van der Waals surface area contributed by atoms with Gasteiger partial charge in [0.2, 0.25) is 0 Å². The van der Waals surface area contributed by atoms with Crippen LogP contribution in [-0.2, 0) is 45.6 Å². The summed E-state index contributed by atoms with van der Waals surface area (Å²) < 4.78 is 5.40. The van der Waals surface area contributed by atoms with Gasteiger partial charge in [0.15, 0.2) is 0 Å². The van der Waals surface area contributed by atoms with Gasteiger partial charge in [0.25, 0.3) is 0 Å². The molecule has 36 heavy (non-hydrogen) atoms. The summed E-state index contributed by atoms with van der Waals surface area (Å²) >= 11 is 0. The topological polar surface area (TPSA) is 9.23 Å². The Bertz CT molecular complexity index is 638. The molecule has 0 aromatic heterocycles. The first-order chi connectivity index (χ1) is 16.9. The van der Waals surface area contributed by atoms with Crippen LogP contribution >= 0.6 is 0 Å². The fraction of sp³-hybridized carbons (Fsp3) is 0.636. The summed E-state index contributed by atoms with van der Waals surface area (Å²) in [7, 11) is 1.85. The van der Waals surface area contributed by atoms with Gasteiger partial charge in [-0.2, -0.15) is 0 Å². The van der Waals surface area contributed by atoms with Crippen LogP contribution in [0.3, 0.4) is 0 Å². The van der Waals surface area contributed by atoms with E-state index in [1.807, 2.05) is 7.11 Å². The van der Waals surface area contributed by atoms with Gasteiger partial charge in [0, 0.05) is 53.4 Å². The van der Waals surface area contributed by atoms with E-state index >= 15 is 0 Å². The van der Waals surface area contributed by atoms with E-state index in [0.717, 1.165) is 11.8 Å². The summed E-state index contributed by atoms with van der Waals surface area (Å²) in [5.74, 6) is 1.79. The van der Waals surface area contributed by atoms with Crippen LogP contribution in [0.25, 0.3) is 0 Å². The van der Waals surface area contributed by atoms with Crippen molar-refractivity contribution in [2.45, 2.75) is 109 Å². The smallest absolute Gasteiger partial charge is 0.0614 e. The van der Waals surface area contributed by atoms with Gasteiger partial charge in [-0.25, -0.2) is 0 Å². The average molecular weight is 676 g/mol. The SMILES string of the molecule is C1=CCC/C=C\CC1.C1=CCC/C=C\CC1.C1=CCCCCCC1.COC1CC2C=CC23CC13.[Pd].[Pd]. The molecule has 1 nitrogen and oxygen atoms in total. The minimum atomic E-state index is 0. The number of hydrogen-bond donors (Lipinski definition) is 0. The molecule has 6 rings (SSSR count). The van der Waals surface area contributed by atoms with E-state index in [0.29, 0.717) is 11.5 Å². The van der Waals surface area contributed by atoms with E-state index in [1.54, 1.807) is 0 Å². The Labute approximate surface area is 250 Å². The molecule has 0 aromatic carbocycles. The molecule has 0 aromatic rings. The molecule has 0 heterocycles. The molecule has 6 aliphatic carbocycles. The molecular formula is C33H50OPd2. The Kier molecular flexibility index (Phi) is 19.4. The molecule has 0 amide bonds. The number of ether oxygens (including phenoxy) is 1. The van der Waals surface area contributed by atoms with Crippen LogP contribution in [-0.4, -0.2) is 13.2 Å². The number of rotatable bonds is 1. The van der Waals surface area contributed by atoms with Crippen LogP contribution < -0.4 is 0 Å². The summed E-state index contributed by atoms with van der Waals surface area (Å²) in [6.07, 6.45) is 49.0. The zero-order chi connectivity index (χ0) is 23.7. The molecule has 0 N–H and O–H groups in total. The molecule has 208 valence electrons. The fourth-order valence-corrected chi connectivity index (χ4v) is 5.70. The summed E-state index contributed by atoms with van der Waals surface area (Å²) in [5, 5.41) is 0. The van der Waals surface area contributed by atoms with Crippen LogP contribution in [0.1, 0.15) is 103 Å². The Morgan fingerprint density at radius 1 is 0.556 bits per heavy atom. The fourth-order valence-electron chi connectivity index (χ4n) is 5.70. The van der Waals surface area contributed by atoms with E-state index in [2.05, 4.69) is 72.9 Å². The first-order valence-electron chi connectivity index (χ1n) is 14.3. The monoisotopic (exact) mass is 674 g/mol. The molecular weight excluding hydrogens is 625 g/mol. The number of allylic oxidation sites excluding steroid dienone is 12. The summed E-state index contributed by atoms with van der Waals surface area (Å²) in [4.78, 5) is 0. The van der Waals surface area contributed by atoms with Crippen LogP contribution in [0.5, 0.6) is 0 Å². The van der Waals surface area contributed by atoms with Gasteiger partial charge in [-0.15, -0.1) is 0 Å². The zero-order valence-corrected chi connectivity index (χ0v) is 25.6. The van der Waals surface area contributed by atoms with Crippen molar-refractivity contribution >= 4 is 0 Å². The van der Waals surface area contributed by atoms with E-state index < -0.39 is 0 Å². The average Bonchev–Trinajstić information content (AvgIpc) is 3.48. The molecule has 0 aliphatic heterocycles. The summed E-state index contributed by atoms with van der Waals surface area (Å²) in [5.41, 5.74) is 0.667. The maximum atomic E-state index is 5.40. The molecule has 2 fully saturated rings. The van der Waals surface area contributed by atoms with Gasteiger partial charge in [0.1, 0.15) is 0 Å².